The Morgan fingerprint density at radius 1 is 1.00 bits per heavy atom. The highest BCUT2D eigenvalue weighted by molar-refractivity contribution is 5.86. The van der Waals surface area contributed by atoms with Gasteiger partial charge in [0.05, 0.1) is 25.4 Å². The molecule has 9 nitrogen and oxygen atoms in total. The zero-order chi connectivity index (χ0) is 20.9. The van der Waals surface area contributed by atoms with E-state index >= 15 is 0 Å². The molecule has 5 heterocycles. The maximum atomic E-state index is 13.5. The molecule has 1 atom stereocenters. The third-order valence-corrected chi connectivity index (χ3v) is 5.09. The number of rotatable bonds is 2. The monoisotopic (exact) mass is 421 g/mol. The Morgan fingerprint density at radius 3 is 2.43 bits per heavy atom. The number of hydrogen-bond donors (Lipinski definition) is 0. The first kappa shape index (κ1) is 19.1. The first-order valence-electron chi connectivity index (χ1n) is 9.50. The number of alkyl halides is 3. The standard InChI is InChI=1S/C18H18F3N7O2/c1-10-22-8-11(9-23-10)14-25-15(27-2-5-29-6-3-27)12-16(26-14)28-4-7-30-13(17(28)24-12)18(19,20)21/h8-9,13H,2-7H2,1H3/t13-/m1/s1. The fourth-order valence-corrected chi connectivity index (χ4v) is 3.63. The van der Waals surface area contributed by atoms with Crippen LogP contribution in [0, 0.1) is 6.92 Å². The number of hydrogen-bond acceptors (Lipinski definition) is 8. The smallest absolute Gasteiger partial charge is 0.378 e. The van der Waals surface area contributed by atoms with Crippen molar-refractivity contribution in [3.05, 3.63) is 24.0 Å². The molecule has 1 saturated heterocycles. The zero-order valence-electron chi connectivity index (χ0n) is 16.1. The van der Waals surface area contributed by atoms with Crippen LogP contribution in [-0.2, 0) is 16.0 Å². The molecule has 0 amide bonds. The van der Waals surface area contributed by atoms with Crippen LogP contribution in [0.4, 0.5) is 19.0 Å². The Kier molecular flexibility index (Phi) is 4.54. The lowest BCUT2D eigenvalue weighted by Crippen LogP contribution is -2.37. The Morgan fingerprint density at radius 2 is 1.73 bits per heavy atom. The van der Waals surface area contributed by atoms with Gasteiger partial charge < -0.3 is 18.9 Å². The molecule has 0 saturated carbocycles. The minimum Gasteiger partial charge on any atom is -0.378 e. The highest BCUT2D eigenvalue weighted by Gasteiger charge is 2.47. The largest absolute Gasteiger partial charge is 0.421 e. The van der Waals surface area contributed by atoms with Gasteiger partial charge in [-0.15, -0.1) is 0 Å². The van der Waals surface area contributed by atoms with Gasteiger partial charge in [0.25, 0.3) is 0 Å². The van der Waals surface area contributed by atoms with Crippen LogP contribution in [-0.4, -0.2) is 68.6 Å². The average Bonchev–Trinajstić information content (AvgIpc) is 3.12. The number of anilines is 1. The van der Waals surface area contributed by atoms with Crippen molar-refractivity contribution < 1.29 is 22.6 Å². The molecule has 30 heavy (non-hydrogen) atoms. The van der Waals surface area contributed by atoms with Crippen LogP contribution in [0.2, 0.25) is 0 Å². The Bertz CT molecular complexity index is 1080. The summed E-state index contributed by atoms with van der Waals surface area (Å²) in [5, 5.41) is 0. The van der Waals surface area contributed by atoms with Crippen molar-refractivity contribution in [3.8, 4) is 11.4 Å². The molecule has 2 aliphatic rings. The van der Waals surface area contributed by atoms with Gasteiger partial charge in [-0.3, -0.25) is 0 Å². The maximum absolute atomic E-state index is 13.5. The number of morpholine rings is 1. The van der Waals surface area contributed by atoms with E-state index in [1.54, 1.807) is 19.3 Å². The van der Waals surface area contributed by atoms with E-state index in [-0.39, 0.29) is 19.0 Å². The highest BCUT2D eigenvalue weighted by Crippen LogP contribution is 2.40. The van der Waals surface area contributed by atoms with Crippen LogP contribution in [0.25, 0.3) is 22.6 Å². The summed E-state index contributed by atoms with van der Waals surface area (Å²) in [6.45, 7) is 4.00. The molecule has 3 aromatic heterocycles. The van der Waals surface area contributed by atoms with E-state index in [0.717, 1.165) is 0 Å². The molecule has 0 aromatic carbocycles. The van der Waals surface area contributed by atoms with Crippen molar-refractivity contribution in [1.29, 1.82) is 0 Å². The molecule has 5 rings (SSSR count). The molecular formula is C18H18F3N7O2. The second-order valence-corrected chi connectivity index (χ2v) is 7.08. The summed E-state index contributed by atoms with van der Waals surface area (Å²) < 4.78 is 52.5. The molecular weight excluding hydrogens is 403 g/mol. The van der Waals surface area contributed by atoms with Gasteiger partial charge in [0, 0.05) is 32.0 Å². The van der Waals surface area contributed by atoms with Gasteiger partial charge in [-0.25, -0.2) is 24.9 Å². The number of imidazole rings is 1. The van der Waals surface area contributed by atoms with E-state index in [2.05, 4.69) is 24.9 Å². The lowest BCUT2D eigenvalue weighted by atomic mass is 10.3. The van der Waals surface area contributed by atoms with Crippen LogP contribution < -0.4 is 4.90 Å². The molecule has 12 heteroatoms. The Balaban J connectivity index is 1.73. The Hall–Kier alpha value is -2.86. The highest BCUT2D eigenvalue weighted by atomic mass is 19.4. The van der Waals surface area contributed by atoms with Gasteiger partial charge in [-0.2, -0.15) is 13.2 Å². The second kappa shape index (κ2) is 7.13. The van der Waals surface area contributed by atoms with Crippen LogP contribution in [0.15, 0.2) is 12.4 Å². The van der Waals surface area contributed by atoms with Gasteiger partial charge in [-0.1, -0.05) is 0 Å². The minimum atomic E-state index is -4.57. The van der Waals surface area contributed by atoms with Gasteiger partial charge in [-0.05, 0) is 6.92 Å². The van der Waals surface area contributed by atoms with Crippen LogP contribution in [0.5, 0.6) is 0 Å². The van der Waals surface area contributed by atoms with Crippen molar-refractivity contribution in [3.63, 3.8) is 0 Å². The zero-order valence-corrected chi connectivity index (χ0v) is 16.1. The molecule has 0 bridgehead atoms. The van der Waals surface area contributed by atoms with Crippen LogP contribution in [0.3, 0.4) is 0 Å². The molecule has 1 fully saturated rings. The fourth-order valence-electron chi connectivity index (χ4n) is 3.63. The van der Waals surface area contributed by atoms with E-state index < -0.39 is 12.3 Å². The predicted octanol–water partition coefficient (Wildman–Crippen LogP) is 2.06. The first-order valence-corrected chi connectivity index (χ1v) is 9.50. The molecule has 0 aliphatic carbocycles. The summed E-state index contributed by atoms with van der Waals surface area (Å²) in [5.74, 6) is 1.20. The summed E-state index contributed by atoms with van der Waals surface area (Å²) in [5.41, 5.74) is 1.24. The summed E-state index contributed by atoms with van der Waals surface area (Å²) >= 11 is 0. The van der Waals surface area contributed by atoms with E-state index in [4.69, 9.17) is 9.47 Å². The molecule has 0 unspecified atom stereocenters. The summed E-state index contributed by atoms with van der Waals surface area (Å²) in [4.78, 5) is 23.8. The number of ether oxygens (including phenoxy) is 2. The molecule has 0 radical (unpaired) electrons. The number of aromatic nitrogens is 6. The number of nitrogens with zero attached hydrogens (tertiary/aromatic N) is 7. The van der Waals surface area contributed by atoms with Crippen molar-refractivity contribution in [1.82, 2.24) is 29.5 Å². The minimum absolute atomic E-state index is 0.0808. The first-order chi connectivity index (χ1) is 14.4. The van der Waals surface area contributed by atoms with Gasteiger partial charge >= 0.3 is 6.18 Å². The molecule has 2 aliphatic heterocycles. The van der Waals surface area contributed by atoms with Crippen LogP contribution in [0.1, 0.15) is 17.8 Å². The number of halogens is 3. The molecule has 3 aromatic rings. The van der Waals surface area contributed by atoms with Gasteiger partial charge in [0.15, 0.2) is 22.8 Å². The summed E-state index contributed by atoms with van der Waals surface area (Å²) in [6, 6.07) is 0. The second-order valence-electron chi connectivity index (χ2n) is 7.08. The predicted molar refractivity (Wildman–Crippen MR) is 98.9 cm³/mol. The van der Waals surface area contributed by atoms with E-state index in [9.17, 15) is 13.2 Å². The van der Waals surface area contributed by atoms with Crippen molar-refractivity contribution >= 4 is 17.0 Å². The fraction of sp³-hybridized carbons (Fsp3) is 0.500. The number of fused-ring (bicyclic) bond motifs is 3. The van der Waals surface area contributed by atoms with E-state index in [1.165, 1.54) is 4.57 Å². The van der Waals surface area contributed by atoms with Gasteiger partial charge in [0.2, 0.25) is 6.10 Å². The molecule has 158 valence electrons. The molecule has 0 spiro atoms. The van der Waals surface area contributed by atoms with Crippen LogP contribution >= 0.6 is 0 Å². The third-order valence-electron chi connectivity index (χ3n) is 5.09. The van der Waals surface area contributed by atoms with Crippen molar-refractivity contribution in [2.75, 3.05) is 37.8 Å². The average molecular weight is 421 g/mol. The van der Waals surface area contributed by atoms with Crippen molar-refractivity contribution in [2.24, 2.45) is 0 Å². The topological polar surface area (TPSA) is 91.1 Å². The Labute approximate surface area is 168 Å². The SMILES string of the molecule is Cc1ncc(-c2nc(N3CCOCC3)c3nc4n(c3n2)CCO[C@H]4C(F)(F)F)cn1. The lowest BCUT2D eigenvalue weighted by Gasteiger charge is -2.28. The normalized spacial score (nSPS) is 19.9. The maximum Gasteiger partial charge on any atom is 0.421 e. The van der Waals surface area contributed by atoms with Crippen molar-refractivity contribution in [2.45, 2.75) is 25.7 Å². The van der Waals surface area contributed by atoms with Gasteiger partial charge in [0.1, 0.15) is 11.6 Å². The summed E-state index contributed by atoms with van der Waals surface area (Å²) in [6.07, 6.45) is -3.47. The summed E-state index contributed by atoms with van der Waals surface area (Å²) in [7, 11) is 0. The molecule has 0 N–H and O–H groups in total. The lowest BCUT2D eigenvalue weighted by molar-refractivity contribution is -0.233. The quantitative estimate of drug-likeness (QED) is 0.621. The van der Waals surface area contributed by atoms with E-state index in [1.807, 2.05) is 4.90 Å². The van der Waals surface area contributed by atoms with E-state index in [0.29, 0.717) is 60.5 Å². The number of aryl methyl sites for hydroxylation is 1. The third kappa shape index (κ3) is 3.25.